The highest BCUT2D eigenvalue weighted by Crippen LogP contribution is 2.43. The van der Waals surface area contributed by atoms with Crippen molar-refractivity contribution in [2.75, 3.05) is 0 Å². The smallest absolute Gasteiger partial charge is 0.123 e. The summed E-state index contributed by atoms with van der Waals surface area (Å²) in [5.74, 6) is -0.525. The van der Waals surface area contributed by atoms with Gasteiger partial charge in [0.25, 0.3) is 0 Å². The van der Waals surface area contributed by atoms with Gasteiger partial charge in [0.1, 0.15) is 11.6 Å². The Labute approximate surface area is 181 Å². The molecule has 0 N–H and O–H groups in total. The molecule has 140 valence electrons. The highest BCUT2D eigenvalue weighted by Gasteiger charge is 2.17. The van der Waals surface area contributed by atoms with E-state index in [2.05, 4.69) is 40.8 Å². The molecule has 0 amide bonds. The van der Waals surface area contributed by atoms with Crippen LogP contribution in [0, 0.1) is 15.2 Å². The molecule has 5 aromatic carbocycles. The molecule has 0 saturated carbocycles. The quantitative estimate of drug-likeness (QED) is 0.172. The normalized spacial score (nSPS) is 11.3. The van der Waals surface area contributed by atoms with Crippen molar-refractivity contribution in [2.24, 2.45) is 0 Å². The molecule has 0 saturated heterocycles. The van der Waals surface area contributed by atoms with Gasteiger partial charge in [0.05, 0.1) is 0 Å². The Bertz CT molecular complexity index is 1370. The molecule has 0 atom stereocenters. The molecule has 0 bridgehead atoms. The average molecular weight is 492 g/mol. The number of benzene rings is 5. The summed E-state index contributed by atoms with van der Waals surface area (Å²) < 4.78 is 28.8. The Hall–Kier alpha value is -2.79. The number of fused-ring (bicyclic) bond motifs is 3. The Balaban J connectivity index is 1.92. The number of halogens is 3. The molecule has 0 aliphatic heterocycles. The lowest BCUT2D eigenvalue weighted by molar-refractivity contribution is 0.628. The number of hydrogen-bond donors (Lipinski definition) is 0. The van der Waals surface area contributed by atoms with Crippen LogP contribution in [-0.2, 0) is 0 Å². The van der Waals surface area contributed by atoms with E-state index in [4.69, 9.17) is 0 Å². The summed E-state index contributed by atoms with van der Waals surface area (Å²) in [6.45, 7) is 0. The SMILES string of the molecule is Fc1ccc(-c2ccccc2-c2c(I)c3ccccc3c3ccc(F)cc23)cc1. The van der Waals surface area contributed by atoms with Crippen LogP contribution in [0.3, 0.4) is 0 Å². The molecule has 3 heteroatoms. The van der Waals surface area contributed by atoms with Crippen molar-refractivity contribution in [2.45, 2.75) is 0 Å². The van der Waals surface area contributed by atoms with Crippen LogP contribution >= 0.6 is 22.6 Å². The zero-order chi connectivity index (χ0) is 20.0. The minimum atomic E-state index is -0.265. The summed E-state index contributed by atoms with van der Waals surface area (Å²) in [6.07, 6.45) is 0. The standard InChI is InChI=1S/C26H15F2I/c27-17-11-9-16(10-12-17)19-5-1-3-7-22(19)25-24-15-18(28)13-14-21(24)20-6-2-4-8-23(20)26(25)29/h1-15H. The first kappa shape index (κ1) is 18.3. The topological polar surface area (TPSA) is 0 Å². The third-order valence-corrected chi connectivity index (χ3v) is 6.40. The molecule has 0 nitrogen and oxygen atoms in total. The van der Waals surface area contributed by atoms with E-state index < -0.39 is 0 Å². The molecule has 0 aliphatic carbocycles. The van der Waals surface area contributed by atoms with Gasteiger partial charge in [-0.25, -0.2) is 8.78 Å². The van der Waals surface area contributed by atoms with Crippen LogP contribution in [0.2, 0.25) is 0 Å². The van der Waals surface area contributed by atoms with Gasteiger partial charge in [-0.3, -0.25) is 0 Å². The third kappa shape index (κ3) is 3.10. The van der Waals surface area contributed by atoms with E-state index in [0.29, 0.717) is 0 Å². The van der Waals surface area contributed by atoms with Gasteiger partial charge in [-0.2, -0.15) is 0 Å². The van der Waals surface area contributed by atoms with E-state index in [1.807, 2.05) is 36.4 Å². The lowest BCUT2D eigenvalue weighted by Gasteiger charge is -2.17. The van der Waals surface area contributed by atoms with E-state index in [1.165, 1.54) is 18.2 Å². The fraction of sp³-hybridized carbons (Fsp3) is 0. The van der Waals surface area contributed by atoms with Crippen molar-refractivity contribution in [1.29, 1.82) is 0 Å². The number of rotatable bonds is 2. The largest absolute Gasteiger partial charge is 0.207 e. The summed E-state index contributed by atoms with van der Waals surface area (Å²) in [7, 11) is 0. The molecular formula is C26H15F2I. The molecule has 5 aromatic rings. The third-order valence-electron chi connectivity index (χ3n) is 5.28. The Morgan fingerprint density at radius 1 is 0.517 bits per heavy atom. The Morgan fingerprint density at radius 3 is 1.86 bits per heavy atom. The fourth-order valence-corrected chi connectivity index (χ4v) is 5.02. The molecule has 0 radical (unpaired) electrons. The van der Waals surface area contributed by atoms with Gasteiger partial charge < -0.3 is 0 Å². The maximum Gasteiger partial charge on any atom is 0.123 e. The fourth-order valence-electron chi connectivity index (χ4n) is 3.97. The first-order valence-corrected chi connectivity index (χ1v) is 10.4. The maximum atomic E-state index is 14.3. The predicted octanol–water partition coefficient (Wildman–Crippen LogP) is 8.21. The first-order valence-electron chi connectivity index (χ1n) is 9.28. The van der Waals surface area contributed by atoms with Crippen LogP contribution in [-0.4, -0.2) is 0 Å². The minimum Gasteiger partial charge on any atom is -0.207 e. The van der Waals surface area contributed by atoms with E-state index >= 15 is 0 Å². The second-order valence-electron chi connectivity index (χ2n) is 6.98. The van der Waals surface area contributed by atoms with Crippen molar-refractivity contribution < 1.29 is 8.78 Å². The van der Waals surface area contributed by atoms with Crippen molar-refractivity contribution >= 4 is 44.1 Å². The lowest BCUT2D eigenvalue weighted by Crippen LogP contribution is -1.93. The molecule has 0 spiro atoms. The van der Waals surface area contributed by atoms with E-state index in [1.54, 1.807) is 18.2 Å². The first-order chi connectivity index (χ1) is 14.1. The molecule has 0 heterocycles. The van der Waals surface area contributed by atoms with Crippen LogP contribution < -0.4 is 0 Å². The molecule has 5 rings (SSSR count). The summed E-state index contributed by atoms with van der Waals surface area (Å²) in [4.78, 5) is 0. The highest BCUT2D eigenvalue weighted by atomic mass is 127. The van der Waals surface area contributed by atoms with Gasteiger partial charge in [0, 0.05) is 9.13 Å². The van der Waals surface area contributed by atoms with Crippen LogP contribution in [0.15, 0.2) is 91.0 Å². The van der Waals surface area contributed by atoms with E-state index in [0.717, 1.165) is 47.4 Å². The second-order valence-corrected chi connectivity index (χ2v) is 8.06. The van der Waals surface area contributed by atoms with E-state index in [-0.39, 0.29) is 11.6 Å². The summed E-state index contributed by atoms with van der Waals surface area (Å²) >= 11 is 2.36. The van der Waals surface area contributed by atoms with E-state index in [9.17, 15) is 8.78 Å². The predicted molar refractivity (Wildman–Crippen MR) is 125 cm³/mol. The zero-order valence-electron chi connectivity index (χ0n) is 15.3. The van der Waals surface area contributed by atoms with Crippen molar-refractivity contribution in [3.63, 3.8) is 0 Å². The van der Waals surface area contributed by atoms with Gasteiger partial charge in [-0.05, 0) is 85.1 Å². The molecule has 0 fully saturated rings. The minimum absolute atomic E-state index is 0.260. The lowest BCUT2D eigenvalue weighted by atomic mass is 9.89. The average Bonchev–Trinajstić information content (AvgIpc) is 2.75. The van der Waals surface area contributed by atoms with Crippen molar-refractivity contribution in [1.82, 2.24) is 0 Å². The van der Waals surface area contributed by atoms with Gasteiger partial charge in [0.2, 0.25) is 0 Å². The summed E-state index contributed by atoms with van der Waals surface area (Å²) in [5.41, 5.74) is 3.92. The van der Waals surface area contributed by atoms with Crippen LogP contribution in [0.5, 0.6) is 0 Å². The monoisotopic (exact) mass is 492 g/mol. The van der Waals surface area contributed by atoms with Crippen LogP contribution in [0.4, 0.5) is 8.78 Å². The van der Waals surface area contributed by atoms with Crippen LogP contribution in [0.25, 0.3) is 43.8 Å². The summed E-state index contributed by atoms with van der Waals surface area (Å²) in [6, 6.07) is 27.7. The Kier molecular flexibility index (Phi) is 4.55. The molecule has 0 aliphatic rings. The molecule has 29 heavy (non-hydrogen) atoms. The van der Waals surface area contributed by atoms with Crippen molar-refractivity contribution in [3.8, 4) is 22.3 Å². The molecular weight excluding hydrogens is 477 g/mol. The van der Waals surface area contributed by atoms with Crippen molar-refractivity contribution in [3.05, 3.63) is 106 Å². The second kappa shape index (κ2) is 7.23. The van der Waals surface area contributed by atoms with Gasteiger partial charge in [0.15, 0.2) is 0 Å². The Morgan fingerprint density at radius 2 is 1.10 bits per heavy atom. The van der Waals surface area contributed by atoms with Gasteiger partial charge in [-0.15, -0.1) is 0 Å². The van der Waals surface area contributed by atoms with Crippen LogP contribution in [0.1, 0.15) is 0 Å². The molecule has 0 aromatic heterocycles. The summed E-state index contributed by atoms with van der Waals surface area (Å²) in [5, 5.41) is 4.14. The molecule has 0 unspecified atom stereocenters. The zero-order valence-corrected chi connectivity index (χ0v) is 17.5. The number of hydrogen-bond acceptors (Lipinski definition) is 0. The maximum absolute atomic E-state index is 14.3. The van der Waals surface area contributed by atoms with Gasteiger partial charge >= 0.3 is 0 Å². The van der Waals surface area contributed by atoms with Gasteiger partial charge in [-0.1, -0.05) is 66.7 Å². The highest BCUT2D eigenvalue weighted by molar-refractivity contribution is 14.1.